The molecule has 0 saturated carbocycles. The van der Waals surface area contributed by atoms with Crippen molar-refractivity contribution in [3.8, 4) is 11.4 Å². The van der Waals surface area contributed by atoms with Crippen LogP contribution in [0.2, 0.25) is 0 Å². The van der Waals surface area contributed by atoms with Crippen molar-refractivity contribution in [2.75, 3.05) is 38.5 Å². The molecule has 0 bridgehead atoms. The predicted octanol–water partition coefficient (Wildman–Crippen LogP) is 3.18. The highest BCUT2D eigenvalue weighted by Gasteiger charge is 2.16. The molecular formula is C26H30N8O. The van der Waals surface area contributed by atoms with Crippen LogP contribution in [0.4, 0.5) is 11.6 Å². The molecule has 0 atom stereocenters. The largest absolute Gasteiger partial charge is 0.351 e. The quantitative estimate of drug-likeness (QED) is 0.293. The first kappa shape index (κ1) is 22.9. The molecule has 0 spiro atoms. The van der Waals surface area contributed by atoms with Gasteiger partial charge in [-0.2, -0.15) is 0 Å². The van der Waals surface area contributed by atoms with Crippen LogP contribution < -0.4 is 16.0 Å². The van der Waals surface area contributed by atoms with E-state index in [1.165, 1.54) is 0 Å². The summed E-state index contributed by atoms with van der Waals surface area (Å²) in [4.78, 5) is 31.4. The van der Waals surface area contributed by atoms with Gasteiger partial charge in [0, 0.05) is 48.1 Å². The fourth-order valence-corrected chi connectivity index (χ4v) is 4.30. The molecular weight excluding hydrogens is 440 g/mol. The van der Waals surface area contributed by atoms with E-state index in [4.69, 9.17) is 0 Å². The summed E-state index contributed by atoms with van der Waals surface area (Å²) in [6, 6.07) is 15.8. The van der Waals surface area contributed by atoms with Gasteiger partial charge in [0.1, 0.15) is 5.69 Å². The van der Waals surface area contributed by atoms with Crippen LogP contribution >= 0.6 is 0 Å². The number of carbonyl (C=O) groups is 1. The van der Waals surface area contributed by atoms with Gasteiger partial charge < -0.3 is 25.8 Å². The van der Waals surface area contributed by atoms with Crippen LogP contribution in [0.1, 0.15) is 23.3 Å². The Hall–Kier alpha value is -3.82. The van der Waals surface area contributed by atoms with E-state index in [0.29, 0.717) is 24.2 Å². The molecule has 1 amide bonds. The van der Waals surface area contributed by atoms with E-state index in [1.807, 2.05) is 48.5 Å². The van der Waals surface area contributed by atoms with Crippen molar-refractivity contribution in [2.45, 2.75) is 18.9 Å². The zero-order valence-electron chi connectivity index (χ0n) is 19.8. The van der Waals surface area contributed by atoms with Gasteiger partial charge in [0.2, 0.25) is 5.95 Å². The maximum absolute atomic E-state index is 12.6. The van der Waals surface area contributed by atoms with Crippen molar-refractivity contribution in [3.63, 3.8) is 0 Å². The molecule has 9 nitrogen and oxygen atoms in total. The minimum absolute atomic E-state index is 0.104. The first-order valence-corrected chi connectivity index (χ1v) is 12.0. The predicted molar refractivity (Wildman–Crippen MR) is 138 cm³/mol. The number of hydrogen-bond donors (Lipinski definition) is 4. The summed E-state index contributed by atoms with van der Waals surface area (Å²) in [7, 11) is 2.16. The van der Waals surface area contributed by atoms with Crippen LogP contribution in [0.15, 0.2) is 60.9 Å². The zero-order chi connectivity index (χ0) is 24.0. The highest BCUT2D eigenvalue weighted by molar-refractivity contribution is 5.98. The van der Waals surface area contributed by atoms with E-state index in [1.54, 1.807) is 12.4 Å². The third kappa shape index (κ3) is 5.82. The Balaban J connectivity index is 1.18. The molecule has 1 aromatic carbocycles. The molecule has 9 heteroatoms. The maximum Gasteiger partial charge on any atom is 0.267 e. The molecule has 4 heterocycles. The number of nitrogens with zero attached hydrogens (tertiary/aromatic N) is 4. The monoisotopic (exact) mass is 470 g/mol. The first-order chi connectivity index (χ1) is 17.1. The molecule has 1 saturated heterocycles. The molecule has 180 valence electrons. The van der Waals surface area contributed by atoms with E-state index in [0.717, 1.165) is 60.5 Å². The summed E-state index contributed by atoms with van der Waals surface area (Å²) in [6.07, 6.45) is 5.76. The number of carbonyl (C=O) groups excluding carboxylic acids is 1. The smallest absolute Gasteiger partial charge is 0.267 e. The highest BCUT2D eigenvalue weighted by atomic mass is 16.1. The maximum atomic E-state index is 12.6. The Morgan fingerprint density at radius 1 is 1.03 bits per heavy atom. The lowest BCUT2D eigenvalue weighted by atomic mass is 10.1. The van der Waals surface area contributed by atoms with Crippen molar-refractivity contribution >= 4 is 28.4 Å². The van der Waals surface area contributed by atoms with Gasteiger partial charge in [-0.25, -0.2) is 9.97 Å². The fourth-order valence-electron chi connectivity index (χ4n) is 4.30. The van der Waals surface area contributed by atoms with Crippen molar-refractivity contribution < 1.29 is 4.79 Å². The number of hydrogen-bond acceptors (Lipinski definition) is 7. The number of H-pyrrole nitrogens is 1. The fraction of sp³-hybridized carbons (Fsp3) is 0.308. The Labute approximate surface area is 204 Å². The highest BCUT2D eigenvalue weighted by Crippen LogP contribution is 2.23. The van der Waals surface area contributed by atoms with Crippen molar-refractivity contribution in [1.82, 2.24) is 35.5 Å². The van der Waals surface area contributed by atoms with E-state index in [2.05, 4.69) is 47.8 Å². The number of rotatable bonds is 8. The van der Waals surface area contributed by atoms with E-state index in [9.17, 15) is 4.79 Å². The van der Waals surface area contributed by atoms with Crippen LogP contribution in [0.3, 0.4) is 0 Å². The molecule has 5 rings (SSSR count). The molecule has 1 fully saturated rings. The van der Waals surface area contributed by atoms with Crippen molar-refractivity contribution in [1.29, 1.82) is 0 Å². The number of aromatic amines is 1. The minimum Gasteiger partial charge on any atom is -0.351 e. The summed E-state index contributed by atoms with van der Waals surface area (Å²) < 4.78 is 0. The SMILES string of the molecule is CN1CCC(NCCNC(=O)c2cc3cc(Nc4nccc(-c5ccccn5)n4)ccc3[nH]2)CC1. The third-order valence-electron chi connectivity index (χ3n) is 6.27. The summed E-state index contributed by atoms with van der Waals surface area (Å²) in [5, 5.41) is 10.7. The molecule has 0 aliphatic carbocycles. The molecule has 1 aliphatic heterocycles. The van der Waals surface area contributed by atoms with Crippen LogP contribution in [0.25, 0.3) is 22.3 Å². The van der Waals surface area contributed by atoms with Gasteiger partial charge in [0.25, 0.3) is 5.91 Å². The molecule has 4 aromatic rings. The van der Waals surface area contributed by atoms with Gasteiger partial charge in [-0.05, 0) is 75.4 Å². The van der Waals surface area contributed by atoms with E-state index >= 15 is 0 Å². The number of likely N-dealkylation sites (tertiary alicyclic amines) is 1. The normalized spacial score (nSPS) is 14.8. The lowest BCUT2D eigenvalue weighted by Gasteiger charge is -2.29. The van der Waals surface area contributed by atoms with Gasteiger partial charge in [0.05, 0.1) is 11.4 Å². The Morgan fingerprint density at radius 2 is 1.91 bits per heavy atom. The Bertz CT molecular complexity index is 1280. The molecule has 1 aliphatic rings. The number of piperidine rings is 1. The Kier molecular flexibility index (Phi) is 6.97. The van der Waals surface area contributed by atoms with Gasteiger partial charge in [-0.15, -0.1) is 0 Å². The molecule has 0 unspecified atom stereocenters. The van der Waals surface area contributed by atoms with Gasteiger partial charge >= 0.3 is 0 Å². The summed E-state index contributed by atoms with van der Waals surface area (Å²) in [6.45, 7) is 3.61. The number of amides is 1. The average molecular weight is 471 g/mol. The Morgan fingerprint density at radius 3 is 2.74 bits per heavy atom. The number of aromatic nitrogens is 4. The van der Waals surface area contributed by atoms with Crippen LogP contribution in [-0.4, -0.2) is 70.0 Å². The van der Waals surface area contributed by atoms with E-state index < -0.39 is 0 Å². The number of fused-ring (bicyclic) bond motifs is 1. The van der Waals surface area contributed by atoms with Gasteiger partial charge in [-0.3, -0.25) is 9.78 Å². The van der Waals surface area contributed by atoms with Crippen LogP contribution in [0, 0.1) is 0 Å². The molecule has 4 N–H and O–H groups in total. The standard InChI is InChI=1S/C26H30N8O/c1-34-14-8-19(9-15-34)27-12-13-29-25(35)24-17-18-16-20(5-6-21(18)32-24)31-26-30-11-7-23(33-26)22-4-2-3-10-28-22/h2-7,10-11,16-17,19,27,32H,8-9,12-15H2,1H3,(H,29,35)(H,30,31,33). The number of anilines is 2. The lowest BCUT2D eigenvalue weighted by molar-refractivity contribution is 0.0949. The lowest BCUT2D eigenvalue weighted by Crippen LogP contribution is -2.43. The molecule has 3 aromatic heterocycles. The van der Waals surface area contributed by atoms with Crippen LogP contribution in [0.5, 0.6) is 0 Å². The van der Waals surface area contributed by atoms with Crippen LogP contribution in [-0.2, 0) is 0 Å². The average Bonchev–Trinajstić information content (AvgIpc) is 3.32. The number of pyridine rings is 1. The summed E-state index contributed by atoms with van der Waals surface area (Å²) >= 11 is 0. The zero-order valence-corrected chi connectivity index (χ0v) is 19.8. The van der Waals surface area contributed by atoms with Crippen molar-refractivity contribution in [3.05, 3.63) is 66.6 Å². The van der Waals surface area contributed by atoms with Gasteiger partial charge in [-0.1, -0.05) is 6.07 Å². The first-order valence-electron chi connectivity index (χ1n) is 12.0. The second-order valence-corrected chi connectivity index (χ2v) is 8.88. The number of benzene rings is 1. The van der Waals surface area contributed by atoms with Gasteiger partial charge in [0.15, 0.2) is 0 Å². The number of nitrogens with one attached hydrogen (secondary N) is 4. The molecule has 35 heavy (non-hydrogen) atoms. The minimum atomic E-state index is -0.104. The topological polar surface area (TPSA) is 111 Å². The summed E-state index contributed by atoms with van der Waals surface area (Å²) in [5.74, 6) is 0.380. The third-order valence-corrected chi connectivity index (χ3v) is 6.27. The second-order valence-electron chi connectivity index (χ2n) is 8.88. The second kappa shape index (κ2) is 10.6. The molecule has 0 radical (unpaired) electrons. The van der Waals surface area contributed by atoms with E-state index in [-0.39, 0.29) is 5.91 Å². The summed E-state index contributed by atoms with van der Waals surface area (Å²) in [5.41, 5.74) is 3.81. The van der Waals surface area contributed by atoms with Crippen molar-refractivity contribution in [2.24, 2.45) is 0 Å².